The molecule has 0 aromatic heterocycles. The van der Waals surface area contributed by atoms with Gasteiger partial charge in [0.15, 0.2) is 15.6 Å². The van der Waals surface area contributed by atoms with Crippen LogP contribution in [0.15, 0.2) is 17.0 Å². The largest absolute Gasteiger partial charge is 0.397 e. The van der Waals surface area contributed by atoms with Crippen LogP contribution in [0.3, 0.4) is 0 Å². The highest BCUT2D eigenvalue weighted by molar-refractivity contribution is 7.93. The van der Waals surface area contributed by atoms with Crippen LogP contribution in [0.5, 0.6) is 0 Å². The third kappa shape index (κ3) is 3.80. The SMILES string of the molecule is CCCCCC(=O)c1cc(N)c(N)c(S(=O)(=O)C(C)(C)C)c1. The van der Waals surface area contributed by atoms with E-state index >= 15 is 0 Å². The van der Waals surface area contributed by atoms with Crippen molar-refractivity contribution in [3.63, 3.8) is 0 Å². The molecule has 0 aliphatic carbocycles. The number of hydrogen-bond donors (Lipinski definition) is 2. The zero-order chi connectivity index (χ0) is 17.1. The van der Waals surface area contributed by atoms with Gasteiger partial charge in [-0.15, -0.1) is 0 Å². The number of unbranched alkanes of at least 4 members (excludes halogenated alkanes) is 2. The molecule has 0 spiro atoms. The first kappa shape index (κ1) is 18.5. The molecule has 0 amide bonds. The number of nitrogens with two attached hydrogens (primary N) is 2. The van der Waals surface area contributed by atoms with Crippen molar-refractivity contribution < 1.29 is 13.2 Å². The number of benzene rings is 1. The van der Waals surface area contributed by atoms with E-state index < -0.39 is 14.6 Å². The van der Waals surface area contributed by atoms with Gasteiger partial charge in [-0.25, -0.2) is 8.42 Å². The molecule has 0 atom stereocenters. The van der Waals surface area contributed by atoms with Gasteiger partial charge in [-0.3, -0.25) is 4.79 Å². The molecule has 0 radical (unpaired) electrons. The van der Waals surface area contributed by atoms with Crippen LogP contribution in [0.2, 0.25) is 0 Å². The first-order valence-corrected chi connectivity index (χ1v) is 8.97. The summed E-state index contributed by atoms with van der Waals surface area (Å²) in [6.07, 6.45) is 3.14. The Morgan fingerprint density at radius 2 is 1.73 bits per heavy atom. The molecular weight excluding hydrogens is 300 g/mol. The Labute approximate surface area is 133 Å². The van der Waals surface area contributed by atoms with Crippen molar-refractivity contribution in [3.8, 4) is 0 Å². The van der Waals surface area contributed by atoms with E-state index in [4.69, 9.17) is 11.5 Å². The summed E-state index contributed by atoms with van der Waals surface area (Å²) in [7, 11) is -3.67. The second-order valence-corrected chi connectivity index (χ2v) is 9.14. The molecule has 5 nitrogen and oxygen atoms in total. The summed E-state index contributed by atoms with van der Waals surface area (Å²) in [6, 6.07) is 2.83. The van der Waals surface area contributed by atoms with E-state index in [0.29, 0.717) is 12.0 Å². The number of rotatable bonds is 6. The fourth-order valence-corrected chi connectivity index (χ4v) is 3.39. The standard InChI is InChI=1S/C16H26N2O3S/c1-5-6-7-8-13(19)11-9-12(17)15(18)14(10-11)22(20,21)16(2,3)4/h9-10H,5-8,17-18H2,1-4H3. The monoisotopic (exact) mass is 326 g/mol. The van der Waals surface area contributed by atoms with Gasteiger partial charge in [-0.1, -0.05) is 19.8 Å². The molecule has 1 aromatic carbocycles. The predicted octanol–water partition coefficient (Wildman–Crippen LogP) is 3.19. The van der Waals surface area contributed by atoms with Crippen LogP contribution in [-0.4, -0.2) is 18.9 Å². The average Bonchev–Trinajstić information content (AvgIpc) is 2.40. The van der Waals surface area contributed by atoms with Crippen LogP contribution < -0.4 is 11.5 Å². The van der Waals surface area contributed by atoms with E-state index in [9.17, 15) is 13.2 Å². The Bertz CT molecular complexity index is 659. The molecule has 0 fully saturated rings. The fourth-order valence-electron chi connectivity index (χ4n) is 2.04. The van der Waals surface area contributed by atoms with Crippen LogP contribution in [0.4, 0.5) is 11.4 Å². The van der Waals surface area contributed by atoms with Crippen molar-refractivity contribution >= 4 is 27.0 Å². The summed E-state index contributed by atoms with van der Waals surface area (Å²) < 4.78 is 24.2. The number of Topliss-reactive ketones (excluding diaryl/α,β-unsaturated/α-hetero) is 1. The lowest BCUT2D eigenvalue weighted by Crippen LogP contribution is -2.29. The van der Waals surface area contributed by atoms with Gasteiger partial charge in [0, 0.05) is 12.0 Å². The first-order valence-electron chi connectivity index (χ1n) is 7.49. The molecule has 0 saturated carbocycles. The smallest absolute Gasteiger partial charge is 0.185 e. The van der Waals surface area contributed by atoms with Gasteiger partial charge in [0.05, 0.1) is 21.0 Å². The number of carbonyl (C=O) groups excluding carboxylic acids is 1. The zero-order valence-electron chi connectivity index (χ0n) is 13.8. The second kappa shape index (κ2) is 6.69. The third-order valence-electron chi connectivity index (χ3n) is 3.60. The molecule has 124 valence electrons. The number of ketones is 1. The molecule has 1 aromatic rings. The second-order valence-electron chi connectivity index (χ2n) is 6.47. The van der Waals surface area contributed by atoms with Crippen LogP contribution >= 0.6 is 0 Å². The van der Waals surface area contributed by atoms with Crippen molar-refractivity contribution in [2.75, 3.05) is 11.5 Å². The minimum Gasteiger partial charge on any atom is -0.397 e. The van der Waals surface area contributed by atoms with E-state index in [1.807, 2.05) is 0 Å². The van der Waals surface area contributed by atoms with E-state index in [2.05, 4.69) is 6.92 Å². The third-order valence-corrected chi connectivity index (χ3v) is 6.13. The van der Waals surface area contributed by atoms with Crippen LogP contribution in [0.25, 0.3) is 0 Å². The van der Waals surface area contributed by atoms with Crippen molar-refractivity contribution in [1.29, 1.82) is 0 Å². The highest BCUT2D eigenvalue weighted by Gasteiger charge is 2.33. The Balaban J connectivity index is 3.30. The number of hydrogen-bond acceptors (Lipinski definition) is 5. The lowest BCUT2D eigenvalue weighted by atomic mass is 10.0. The maximum Gasteiger partial charge on any atom is 0.185 e. The van der Waals surface area contributed by atoms with E-state index in [-0.39, 0.29) is 22.1 Å². The molecule has 22 heavy (non-hydrogen) atoms. The first-order chi connectivity index (χ1) is 10.0. The molecule has 0 saturated heterocycles. The van der Waals surface area contributed by atoms with Gasteiger partial charge in [0.1, 0.15) is 0 Å². The van der Waals surface area contributed by atoms with Crippen LogP contribution in [0, 0.1) is 0 Å². The zero-order valence-corrected chi connectivity index (χ0v) is 14.6. The molecular formula is C16H26N2O3S. The summed E-state index contributed by atoms with van der Waals surface area (Å²) in [4.78, 5) is 12.2. The van der Waals surface area contributed by atoms with Crippen molar-refractivity contribution in [3.05, 3.63) is 17.7 Å². The Morgan fingerprint density at radius 1 is 1.14 bits per heavy atom. The number of carbonyl (C=O) groups is 1. The summed E-state index contributed by atoms with van der Waals surface area (Å²) in [5.41, 5.74) is 12.1. The molecule has 0 bridgehead atoms. The Morgan fingerprint density at radius 3 is 2.23 bits per heavy atom. The molecule has 4 N–H and O–H groups in total. The summed E-state index contributed by atoms with van der Waals surface area (Å²) in [5.74, 6) is -0.106. The molecule has 0 aliphatic rings. The van der Waals surface area contributed by atoms with E-state index in [1.54, 1.807) is 20.8 Å². The highest BCUT2D eigenvalue weighted by Crippen LogP contribution is 2.33. The van der Waals surface area contributed by atoms with Crippen molar-refractivity contribution in [2.45, 2.75) is 63.0 Å². The van der Waals surface area contributed by atoms with Crippen LogP contribution in [-0.2, 0) is 9.84 Å². The van der Waals surface area contributed by atoms with Crippen molar-refractivity contribution in [2.24, 2.45) is 0 Å². The van der Waals surface area contributed by atoms with Crippen molar-refractivity contribution in [1.82, 2.24) is 0 Å². The predicted molar refractivity (Wildman–Crippen MR) is 90.7 cm³/mol. The molecule has 1 rings (SSSR count). The maximum atomic E-state index is 12.6. The van der Waals surface area contributed by atoms with Gasteiger partial charge in [0.2, 0.25) is 0 Å². The van der Waals surface area contributed by atoms with Gasteiger partial charge in [-0.2, -0.15) is 0 Å². The average molecular weight is 326 g/mol. The molecule has 0 unspecified atom stereocenters. The quantitative estimate of drug-likeness (QED) is 0.475. The molecule has 6 heteroatoms. The number of nitrogen functional groups attached to an aromatic ring is 2. The lowest BCUT2D eigenvalue weighted by Gasteiger charge is -2.21. The van der Waals surface area contributed by atoms with E-state index in [1.165, 1.54) is 12.1 Å². The summed E-state index contributed by atoms with van der Waals surface area (Å²) >= 11 is 0. The maximum absolute atomic E-state index is 12.6. The molecule has 0 heterocycles. The summed E-state index contributed by atoms with van der Waals surface area (Å²) in [5, 5.41) is 0. The van der Waals surface area contributed by atoms with E-state index in [0.717, 1.165) is 19.3 Å². The number of sulfone groups is 1. The number of anilines is 2. The Hall–Kier alpha value is -1.56. The topological polar surface area (TPSA) is 103 Å². The highest BCUT2D eigenvalue weighted by atomic mass is 32.2. The molecule has 0 aliphatic heterocycles. The van der Waals surface area contributed by atoms with Crippen LogP contribution in [0.1, 0.15) is 63.7 Å². The van der Waals surface area contributed by atoms with Gasteiger partial charge < -0.3 is 11.5 Å². The lowest BCUT2D eigenvalue weighted by molar-refractivity contribution is 0.0979. The minimum atomic E-state index is -3.67. The van der Waals surface area contributed by atoms with Gasteiger partial charge in [0.25, 0.3) is 0 Å². The summed E-state index contributed by atoms with van der Waals surface area (Å²) in [6.45, 7) is 6.83. The van der Waals surface area contributed by atoms with Gasteiger partial charge in [-0.05, 0) is 39.3 Å². The van der Waals surface area contributed by atoms with Gasteiger partial charge >= 0.3 is 0 Å². The Kier molecular flexibility index (Phi) is 5.62. The minimum absolute atomic E-state index is 0.0139. The normalized spacial score (nSPS) is 12.4. The fraction of sp³-hybridized carbons (Fsp3) is 0.562.